The standard InChI is InChI=1S/C21H18FN3O/c1-3-6-14(2)25-20(17-7-4-5-8-18(17)22)13-19(24-25)15-9-11-16(12-10-15)21(23)26/h3-13H,1H2,2H3,(H2,23,26)/b14-6+. The first-order valence-corrected chi connectivity index (χ1v) is 8.06. The zero-order valence-electron chi connectivity index (χ0n) is 14.3. The molecule has 0 aliphatic rings. The van der Waals surface area contributed by atoms with Crippen LogP contribution in [-0.4, -0.2) is 15.7 Å². The second kappa shape index (κ2) is 7.19. The number of allylic oxidation sites excluding steroid dienone is 3. The first-order valence-electron chi connectivity index (χ1n) is 8.06. The zero-order chi connectivity index (χ0) is 18.7. The van der Waals surface area contributed by atoms with E-state index in [2.05, 4.69) is 11.7 Å². The van der Waals surface area contributed by atoms with Crippen molar-refractivity contribution in [3.05, 3.63) is 84.7 Å². The van der Waals surface area contributed by atoms with E-state index in [0.717, 1.165) is 11.3 Å². The molecule has 0 saturated heterocycles. The molecule has 0 radical (unpaired) electrons. The number of carbonyl (C=O) groups is 1. The first-order chi connectivity index (χ1) is 12.5. The second-order valence-corrected chi connectivity index (χ2v) is 5.79. The maximum absolute atomic E-state index is 14.3. The summed E-state index contributed by atoms with van der Waals surface area (Å²) in [6.07, 6.45) is 3.46. The van der Waals surface area contributed by atoms with Crippen molar-refractivity contribution < 1.29 is 9.18 Å². The van der Waals surface area contributed by atoms with Gasteiger partial charge in [-0.15, -0.1) is 0 Å². The fraction of sp³-hybridized carbons (Fsp3) is 0.0476. The Morgan fingerprint density at radius 2 is 1.88 bits per heavy atom. The Morgan fingerprint density at radius 3 is 2.50 bits per heavy atom. The van der Waals surface area contributed by atoms with Gasteiger partial charge < -0.3 is 5.73 Å². The van der Waals surface area contributed by atoms with Crippen LogP contribution in [0.1, 0.15) is 17.3 Å². The number of rotatable bonds is 5. The minimum atomic E-state index is -0.487. The molecule has 0 fully saturated rings. The van der Waals surface area contributed by atoms with E-state index >= 15 is 0 Å². The number of benzene rings is 2. The number of amides is 1. The topological polar surface area (TPSA) is 60.9 Å². The number of nitrogens with two attached hydrogens (primary N) is 1. The van der Waals surface area contributed by atoms with Crippen molar-refractivity contribution >= 4 is 11.6 Å². The molecule has 3 rings (SSSR count). The third-order valence-electron chi connectivity index (χ3n) is 4.02. The minimum Gasteiger partial charge on any atom is -0.366 e. The molecule has 0 bridgehead atoms. The predicted molar refractivity (Wildman–Crippen MR) is 102 cm³/mol. The molecule has 0 aliphatic carbocycles. The van der Waals surface area contributed by atoms with E-state index < -0.39 is 5.91 Å². The van der Waals surface area contributed by atoms with Crippen molar-refractivity contribution in [2.45, 2.75) is 6.92 Å². The normalized spacial score (nSPS) is 11.4. The van der Waals surface area contributed by atoms with Crippen LogP contribution in [0.3, 0.4) is 0 Å². The molecule has 0 atom stereocenters. The van der Waals surface area contributed by atoms with E-state index in [1.807, 2.05) is 13.0 Å². The van der Waals surface area contributed by atoms with E-state index in [1.165, 1.54) is 6.07 Å². The number of carbonyl (C=O) groups excluding carboxylic acids is 1. The zero-order valence-corrected chi connectivity index (χ0v) is 14.3. The number of hydrogen-bond donors (Lipinski definition) is 1. The first kappa shape index (κ1) is 17.4. The Labute approximate surface area is 151 Å². The van der Waals surface area contributed by atoms with Gasteiger partial charge in [-0.2, -0.15) is 5.10 Å². The summed E-state index contributed by atoms with van der Waals surface area (Å²) < 4.78 is 16.0. The van der Waals surface area contributed by atoms with Crippen LogP contribution >= 0.6 is 0 Å². The molecule has 0 aliphatic heterocycles. The lowest BCUT2D eigenvalue weighted by Crippen LogP contribution is -2.10. The smallest absolute Gasteiger partial charge is 0.248 e. The van der Waals surface area contributed by atoms with Crippen LogP contribution < -0.4 is 5.73 Å². The van der Waals surface area contributed by atoms with Crippen molar-refractivity contribution in [2.75, 3.05) is 0 Å². The van der Waals surface area contributed by atoms with Crippen molar-refractivity contribution in [1.29, 1.82) is 0 Å². The molecule has 0 spiro atoms. The van der Waals surface area contributed by atoms with E-state index in [1.54, 1.807) is 59.3 Å². The summed E-state index contributed by atoms with van der Waals surface area (Å²) in [7, 11) is 0. The van der Waals surface area contributed by atoms with E-state index in [-0.39, 0.29) is 5.82 Å². The summed E-state index contributed by atoms with van der Waals surface area (Å²) in [4.78, 5) is 11.2. The lowest BCUT2D eigenvalue weighted by Gasteiger charge is -2.08. The van der Waals surface area contributed by atoms with Crippen LogP contribution in [0, 0.1) is 5.82 Å². The van der Waals surface area contributed by atoms with Gasteiger partial charge in [0.15, 0.2) is 0 Å². The van der Waals surface area contributed by atoms with Gasteiger partial charge in [-0.05, 0) is 43.3 Å². The Hall–Kier alpha value is -3.47. The van der Waals surface area contributed by atoms with E-state index in [4.69, 9.17) is 5.73 Å². The molecule has 2 aromatic carbocycles. The number of primary amides is 1. The number of halogens is 1. The summed E-state index contributed by atoms with van der Waals surface area (Å²) in [5.74, 6) is -0.811. The average Bonchev–Trinajstić information content (AvgIpc) is 3.07. The lowest BCUT2D eigenvalue weighted by molar-refractivity contribution is 0.100. The highest BCUT2D eigenvalue weighted by molar-refractivity contribution is 5.93. The molecule has 26 heavy (non-hydrogen) atoms. The number of nitrogens with zero attached hydrogens (tertiary/aromatic N) is 2. The molecule has 3 aromatic rings. The third-order valence-corrected chi connectivity index (χ3v) is 4.02. The fourth-order valence-electron chi connectivity index (χ4n) is 2.70. The van der Waals surface area contributed by atoms with Crippen molar-refractivity contribution in [3.8, 4) is 22.5 Å². The van der Waals surface area contributed by atoms with Gasteiger partial charge in [0.2, 0.25) is 5.91 Å². The van der Waals surface area contributed by atoms with Crippen molar-refractivity contribution in [1.82, 2.24) is 9.78 Å². The lowest BCUT2D eigenvalue weighted by atomic mass is 10.1. The molecule has 5 heteroatoms. The summed E-state index contributed by atoms with van der Waals surface area (Å²) in [6, 6.07) is 15.2. The highest BCUT2D eigenvalue weighted by atomic mass is 19.1. The van der Waals surface area contributed by atoms with Crippen LogP contribution in [0.4, 0.5) is 4.39 Å². The van der Waals surface area contributed by atoms with Gasteiger partial charge in [-0.1, -0.05) is 36.9 Å². The monoisotopic (exact) mass is 347 g/mol. The molecular formula is C21H18FN3O. The minimum absolute atomic E-state index is 0.323. The SMILES string of the molecule is C=C/C=C(\C)n1nc(-c2ccc(C(N)=O)cc2)cc1-c1ccccc1F. The van der Waals surface area contributed by atoms with Crippen LogP contribution in [0.2, 0.25) is 0 Å². The highest BCUT2D eigenvalue weighted by Gasteiger charge is 2.15. The summed E-state index contributed by atoms with van der Waals surface area (Å²) >= 11 is 0. The maximum Gasteiger partial charge on any atom is 0.248 e. The van der Waals surface area contributed by atoms with Gasteiger partial charge in [0.05, 0.1) is 11.4 Å². The van der Waals surface area contributed by atoms with Gasteiger partial charge in [0, 0.05) is 22.4 Å². The van der Waals surface area contributed by atoms with Crippen LogP contribution in [0.5, 0.6) is 0 Å². The van der Waals surface area contributed by atoms with Gasteiger partial charge in [-0.3, -0.25) is 4.79 Å². The van der Waals surface area contributed by atoms with Crippen molar-refractivity contribution in [2.24, 2.45) is 5.73 Å². The quantitative estimate of drug-likeness (QED) is 0.691. The Bertz CT molecular complexity index is 1000. The largest absolute Gasteiger partial charge is 0.366 e. The summed E-state index contributed by atoms with van der Waals surface area (Å²) in [5.41, 5.74) is 9.06. The summed E-state index contributed by atoms with van der Waals surface area (Å²) in [6.45, 7) is 5.58. The third kappa shape index (κ3) is 3.32. The second-order valence-electron chi connectivity index (χ2n) is 5.79. The van der Waals surface area contributed by atoms with Crippen LogP contribution in [-0.2, 0) is 0 Å². The van der Waals surface area contributed by atoms with Crippen molar-refractivity contribution in [3.63, 3.8) is 0 Å². The molecule has 1 heterocycles. The van der Waals surface area contributed by atoms with Crippen LogP contribution in [0.15, 0.2) is 73.3 Å². The van der Waals surface area contributed by atoms with E-state index in [0.29, 0.717) is 22.5 Å². The van der Waals surface area contributed by atoms with Gasteiger partial charge in [-0.25, -0.2) is 9.07 Å². The molecule has 0 saturated carbocycles. The number of aromatic nitrogens is 2. The molecule has 1 amide bonds. The molecule has 0 unspecified atom stereocenters. The average molecular weight is 347 g/mol. The van der Waals surface area contributed by atoms with Gasteiger partial charge >= 0.3 is 0 Å². The molecule has 1 aromatic heterocycles. The van der Waals surface area contributed by atoms with Gasteiger partial charge in [0.25, 0.3) is 0 Å². The molecular weight excluding hydrogens is 329 g/mol. The van der Waals surface area contributed by atoms with Crippen LogP contribution in [0.25, 0.3) is 28.2 Å². The Morgan fingerprint density at radius 1 is 1.19 bits per heavy atom. The highest BCUT2D eigenvalue weighted by Crippen LogP contribution is 2.30. The molecule has 4 nitrogen and oxygen atoms in total. The predicted octanol–water partition coefficient (Wildman–Crippen LogP) is 4.50. The Kier molecular flexibility index (Phi) is 4.80. The summed E-state index contributed by atoms with van der Waals surface area (Å²) in [5, 5.41) is 4.61. The maximum atomic E-state index is 14.3. The molecule has 2 N–H and O–H groups in total. The Balaban J connectivity index is 2.15. The molecule has 130 valence electrons. The fourth-order valence-corrected chi connectivity index (χ4v) is 2.70. The van der Waals surface area contributed by atoms with E-state index in [9.17, 15) is 9.18 Å². The number of hydrogen-bond acceptors (Lipinski definition) is 2. The van der Waals surface area contributed by atoms with Gasteiger partial charge in [0.1, 0.15) is 5.82 Å².